The van der Waals surface area contributed by atoms with Crippen molar-refractivity contribution in [3.63, 3.8) is 0 Å². The molecule has 0 radical (unpaired) electrons. The molecule has 4 aromatic rings. The molecule has 29 heavy (non-hydrogen) atoms. The predicted molar refractivity (Wildman–Crippen MR) is 111 cm³/mol. The molecule has 5 heteroatoms. The van der Waals surface area contributed by atoms with Gasteiger partial charge in [0.15, 0.2) is 11.6 Å². The summed E-state index contributed by atoms with van der Waals surface area (Å²) in [7, 11) is 0. The number of pyridine rings is 1. The zero-order chi connectivity index (χ0) is 20.2. The quantitative estimate of drug-likeness (QED) is 0.449. The number of fused-ring (bicyclic) bond motifs is 1. The summed E-state index contributed by atoms with van der Waals surface area (Å²) in [6.45, 7) is 0.532. The fourth-order valence-corrected chi connectivity index (χ4v) is 3.27. The number of aryl methyl sites for hydroxylation is 2. The van der Waals surface area contributed by atoms with Crippen LogP contribution in [0.4, 0.5) is 14.5 Å². The van der Waals surface area contributed by atoms with Crippen molar-refractivity contribution in [2.75, 3.05) is 5.32 Å². The molecule has 1 heterocycles. The molecule has 0 saturated heterocycles. The first-order valence-electron chi connectivity index (χ1n) is 9.43. The molecule has 0 amide bonds. The lowest BCUT2D eigenvalue weighted by Crippen LogP contribution is -2.01. The predicted octanol–water partition coefficient (Wildman–Crippen LogP) is 5.62. The number of nitrogens with one attached hydrogen (secondary N) is 1. The average Bonchev–Trinajstić information content (AvgIpc) is 2.73. The zero-order valence-electron chi connectivity index (χ0n) is 15.7. The number of hydrogen-bond donors (Lipinski definition) is 2. The van der Waals surface area contributed by atoms with E-state index in [0.29, 0.717) is 23.9 Å². The third-order valence-electron chi connectivity index (χ3n) is 4.86. The number of phenols is 1. The molecule has 0 aliphatic rings. The van der Waals surface area contributed by atoms with Crippen molar-refractivity contribution in [2.24, 2.45) is 0 Å². The van der Waals surface area contributed by atoms with Crippen molar-refractivity contribution in [3.05, 3.63) is 101 Å². The highest BCUT2D eigenvalue weighted by atomic mass is 19.2. The molecule has 0 fully saturated rings. The standard InChI is InChI=1S/C24H20F2N2O/c25-21-13-17-9-11-19(28-23(17)14-22(21)26)10-8-16-4-3-6-20(12-16)27-15-18-5-1-2-7-24(18)29/h1-7,9,11-14,27,29H,8,10,15H2. The first-order valence-corrected chi connectivity index (χ1v) is 9.43. The van der Waals surface area contributed by atoms with Gasteiger partial charge in [0.25, 0.3) is 0 Å². The summed E-state index contributed by atoms with van der Waals surface area (Å²) in [6.07, 6.45) is 1.46. The van der Waals surface area contributed by atoms with E-state index in [-0.39, 0.29) is 5.75 Å². The minimum absolute atomic E-state index is 0.273. The van der Waals surface area contributed by atoms with Gasteiger partial charge < -0.3 is 10.4 Å². The normalized spacial score (nSPS) is 11.0. The van der Waals surface area contributed by atoms with Gasteiger partial charge in [-0.25, -0.2) is 8.78 Å². The van der Waals surface area contributed by atoms with Crippen LogP contribution in [0.15, 0.2) is 72.8 Å². The topological polar surface area (TPSA) is 45.1 Å². The second-order valence-corrected chi connectivity index (χ2v) is 6.94. The molecule has 0 atom stereocenters. The van der Waals surface area contributed by atoms with Gasteiger partial charge in [-0.2, -0.15) is 0 Å². The van der Waals surface area contributed by atoms with Crippen LogP contribution in [0.2, 0.25) is 0 Å². The fraction of sp³-hybridized carbons (Fsp3) is 0.125. The third kappa shape index (κ3) is 4.51. The number of para-hydroxylation sites is 1. The van der Waals surface area contributed by atoms with Crippen LogP contribution in [0.3, 0.4) is 0 Å². The smallest absolute Gasteiger partial charge is 0.161 e. The molecule has 4 rings (SSSR count). The highest BCUT2D eigenvalue weighted by Gasteiger charge is 2.07. The second kappa shape index (κ2) is 8.27. The highest BCUT2D eigenvalue weighted by molar-refractivity contribution is 5.78. The largest absolute Gasteiger partial charge is 0.508 e. The van der Waals surface area contributed by atoms with Crippen LogP contribution in [0.5, 0.6) is 5.75 Å². The van der Waals surface area contributed by atoms with Crippen LogP contribution < -0.4 is 5.32 Å². The van der Waals surface area contributed by atoms with Gasteiger partial charge >= 0.3 is 0 Å². The third-order valence-corrected chi connectivity index (χ3v) is 4.86. The molecule has 0 aliphatic heterocycles. The Balaban J connectivity index is 1.42. The van der Waals surface area contributed by atoms with Gasteiger partial charge in [0, 0.05) is 34.9 Å². The van der Waals surface area contributed by atoms with Gasteiger partial charge in [-0.1, -0.05) is 36.4 Å². The van der Waals surface area contributed by atoms with Crippen LogP contribution in [0, 0.1) is 11.6 Å². The molecular formula is C24H20F2N2O. The molecule has 0 bridgehead atoms. The molecular weight excluding hydrogens is 370 g/mol. The number of halogens is 2. The molecule has 3 aromatic carbocycles. The Morgan fingerprint density at radius 3 is 2.52 bits per heavy atom. The number of aromatic hydroxyl groups is 1. The van der Waals surface area contributed by atoms with E-state index in [1.54, 1.807) is 18.2 Å². The van der Waals surface area contributed by atoms with E-state index in [1.807, 2.05) is 36.4 Å². The molecule has 0 aliphatic carbocycles. The van der Waals surface area contributed by atoms with Gasteiger partial charge in [-0.15, -0.1) is 0 Å². The van der Waals surface area contributed by atoms with E-state index in [2.05, 4.69) is 16.4 Å². The number of benzene rings is 3. The molecule has 3 nitrogen and oxygen atoms in total. The molecule has 146 valence electrons. The monoisotopic (exact) mass is 390 g/mol. The molecule has 0 spiro atoms. The van der Waals surface area contributed by atoms with E-state index in [0.717, 1.165) is 35.0 Å². The Labute approximate surface area is 167 Å². The van der Waals surface area contributed by atoms with Crippen molar-refractivity contribution in [1.29, 1.82) is 0 Å². The van der Waals surface area contributed by atoms with Gasteiger partial charge in [-0.05, 0) is 48.7 Å². The number of hydrogen-bond acceptors (Lipinski definition) is 3. The molecule has 1 aromatic heterocycles. The Bertz CT molecular complexity index is 1160. The van der Waals surface area contributed by atoms with Gasteiger partial charge in [0.2, 0.25) is 0 Å². The van der Waals surface area contributed by atoms with Crippen LogP contribution in [0.1, 0.15) is 16.8 Å². The van der Waals surface area contributed by atoms with Crippen molar-refractivity contribution in [2.45, 2.75) is 19.4 Å². The number of aromatic nitrogens is 1. The van der Waals surface area contributed by atoms with Gasteiger partial charge in [0.05, 0.1) is 5.52 Å². The van der Waals surface area contributed by atoms with Gasteiger partial charge in [-0.3, -0.25) is 4.98 Å². The maximum Gasteiger partial charge on any atom is 0.161 e. The zero-order valence-corrected chi connectivity index (χ0v) is 15.7. The summed E-state index contributed by atoms with van der Waals surface area (Å²) >= 11 is 0. The first kappa shape index (κ1) is 18.9. The summed E-state index contributed by atoms with van der Waals surface area (Å²) in [5.74, 6) is -1.47. The minimum Gasteiger partial charge on any atom is -0.508 e. The summed E-state index contributed by atoms with van der Waals surface area (Å²) < 4.78 is 26.8. The van der Waals surface area contributed by atoms with Crippen molar-refractivity contribution < 1.29 is 13.9 Å². The summed E-state index contributed by atoms with van der Waals surface area (Å²) in [4.78, 5) is 4.45. The molecule has 0 saturated carbocycles. The van der Waals surface area contributed by atoms with E-state index in [1.165, 1.54) is 6.07 Å². The summed E-state index contributed by atoms with van der Waals surface area (Å²) in [5.41, 5.74) is 4.23. The first-order chi connectivity index (χ1) is 14.1. The van der Waals surface area contributed by atoms with E-state index >= 15 is 0 Å². The van der Waals surface area contributed by atoms with Crippen LogP contribution in [-0.4, -0.2) is 10.1 Å². The number of anilines is 1. The number of nitrogens with zero attached hydrogens (tertiary/aromatic N) is 1. The Morgan fingerprint density at radius 2 is 1.66 bits per heavy atom. The lowest BCUT2D eigenvalue weighted by Gasteiger charge is -2.10. The van der Waals surface area contributed by atoms with Crippen LogP contribution >= 0.6 is 0 Å². The van der Waals surface area contributed by atoms with Crippen molar-refractivity contribution >= 4 is 16.6 Å². The van der Waals surface area contributed by atoms with Crippen LogP contribution in [-0.2, 0) is 19.4 Å². The fourth-order valence-electron chi connectivity index (χ4n) is 3.27. The lowest BCUT2D eigenvalue weighted by atomic mass is 10.1. The lowest BCUT2D eigenvalue weighted by molar-refractivity contribution is 0.469. The minimum atomic E-state index is -0.884. The van der Waals surface area contributed by atoms with E-state index in [4.69, 9.17) is 0 Å². The Kier molecular flexibility index (Phi) is 5.38. The number of phenolic OH excluding ortho intramolecular Hbond substituents is 1. The molecule has 2 N–H and O–H groups in total. The molecule has 0 unspecified atom stereocenters. The SMILES string of the molecule is Oc1ccccc1CNc1cccc(CCc2ccc3cc(F)c(F)cc3n2)c1. The van der Waals surface area contributed by atoms with E-state index < -0.39 is 11.6 Å². The number of rotatable bonds is 6. The summed E-state index contributed by atoms with van der Waals surface area (Å²) in [5, 5.41) is 13.8. The van der Waals surface area contributed by atoms with Gasteiger partial charge in [0.1, 0.15) is 5.75 Å². The highest BCUT2D eigenvalue weighted by Crippen LogP contribution is 2.20. The summed E-state index contributed by atoms with van der Waals surface area (Å²) in [6, 6.07) is 21.2. The second-order valence-electron chi connectivity index (χ2n) is 6.94. The van der Waals surface area contributed by atoms with Crippen molar-refractivity contribution in [3.8, 4) is 5.75 Å². The maximum atomic E-state index is 13.5. The maximum absolute atomic E-state index is 13.5. The van der Waals surface area contributed by atoms with E-state index in [9.17, 15) is 13.9 Å². The Morgan fingerprint density at radius 1 is 0.828 bits per heavy atom. The van der Waals surface area contributed by atoms with Crippen molar-refractivity contribution in [1.82, 2.24) is 4.98 Å². The van der Waals surface area contributed by atoms with Crippen LogP contribution in [0.25, 0.3) is 10.9 Å². The Hall–Kier alpha value is -3.47. The average molecular weight is 390 g/mol.